The molecule has 0 saturated heterocycles. The Hall–Kier alpha value is -2.98. The summed E-state index contributed by atoms with van der Waals surface area (Å²) in [7, 11) is 0. The van der Waals surface area contributed by atoms with E-state index in [0.717, 1.165) is 23.1 Å². The van der Waals surface area contributed by atoms with E-state index >= 15 is 0 Å². The summed E-state index contributed by atoms with van der Waals surface area (Å²) in [6.45, 7) is 4.74. The fraction of sp³-hybridized carbons (Fsp3) is 0.174. The molecule has 28 heavy (non-hydrogen) atoms. The lowest BCUT2D eigenvalue weighted by Crippen LogP contribution is -2.30. The van der Waals surface area contributed by atoms with Gasteiger partial charge >= 0.3 is 0 Å². The monoisotopic (exact) mass is 392 g/mol. The first-order valence-electron chi connectivity index (χ1n) is 9.31. The molecule has 1 amide bonds. The number of amides is 1. The summed E-state index contributed by atoms with van der Waals surface area (Å²) in [6, 6.07) is 21.3. The van der Waals surface area contributed by atoms with E-state index in [4.69, 9.17) is 16.3 Å². The third-order valence-electron chi connectivity index (χ3n) is 4.83. The van der Waals surface area contributed by atoms with Gasteiger partial charge in [0.05, 0.1) is 0 Å². The molecule has 0 spiro atoms. The summed E-state index contributed by atoms with van der Waals surface area (Å²) < 4.78 is 7.99. The molecule has 1 N–H and O–H groups in total. The zero-order valence-electron chi connectivity index (χ0n) is 15.8. The molecule has 1 aromatic heterocycles. The highest BCUT2D eigenvalue weighted by atomic mass is 35.5. The van der Waals surface area contributed by atoms with Crippen LogP contribution < -0.4 is 10.1 Å². The van der Waals surface area contributed by atoms with Crippen molar-refractivity contribution < 1.29 is 9.53 Å². The van der Waals surface area contributed by atoms with Crippen LogP contribution in [-0.4, -0.2) is 16.6 Å². The number of nitrogens with one attached hydrogen (secondary N) is 1. The Labute approximate surface area is 168 Å². The van der Waals surface area contributed by atoms with Crippen molar-refractivity contribution in [2.45, 2.75) is 26.5 Å². The smallest absolute Gasteiger partial charge is 0.265 e. The van der Waals surface area contributed by atoms with Crippen molar-refractivity contribution in [1.29, 1.82) is 0 Å². The SMILES string of the molecule is CCn1c2ccccc2c2cc(NC(=O)[C@H](C)Oc3cccc(Cl)c3)ccc21. The molecule has 0 aliphatic rings. The Morgan fingerprint density at radius 3 is 2.61 bits per heavy atom. The lowest BCUT2D eigenvalue weighted by Gasteiger charge is -2.15. The van der Waals surface area contributed by atoms with Gasteiger partial charge in [0, 0.05) is 39.1 Å². The average Bonchev–Trinajstić information content (AvgIpc) is 3.01. The summed E-state index contributed by atoms with van der Waals surface area (Å²) in [5.41, 5.74) is 3.10. The number of aromatic nitrogens is 1. The molecule has 3 aromatic carbocycles. The summed E-state index contributed by atoms with van der Waals surface area (Å²) >= 11 is 5.97. The van der Waals surface area contributed by atoms with Crippen LogP contribution >= 0.6 is 11.6 Å². The Morgan fingerprint density at radius 2 is 1.82 bits per heavy atom. The molecule has 0 radical (unpaired) electrons. The maximum atomic E-state index is 12.6. The van der Waals surface area contributed by atoms with E-state index in [2.05, 4.69) is 35.0 Å². The number of hydrogen-bond donors (Lipinski definition) is 1. The second-order valence-corrected chi connectivity index (χ2v) is 7.14. The van der Waals surface area contributed by atoms with Gasteiger partial charge < -0.3 is 14.6 Å². The Bertz CT molecular complexity index is 1170. The fourth-order valence-electron chi connectivity index (χ4n) is 3.51. The topological polar surface area (TPSA) is 43.3 Å². The molecule has 0 fully saturated rings. The Kier molecular flexibility index (Phi) is 4.97. The highest BCUT2D eigenvalue weighted by Crippen LogP contribution is 2.31. The van der Waals surface area contributed by atoms with Crippen molar-refractivity contribution in [2.24, 2.45) is 0 Å². The number of ether oxygens (including phenoxy) is 1. The maximum absolute atomic E-state index is 12.6. The van der Waals surface area contributed by atoms with Crippen LogP contribution in [0.2, 0.25) is 5.02 Å². The second-order valence-electron chi connectivity index (χ2n) is 6.70. The number of aryl methyl sites for hydroxylation is 1. The molecule has 0 unspecified atom stereocenters. The zero-order valence-corrected chi connectivity index (χ0v) is 16.5. The highest BCUT2D eigenvalue weighted by molar-refractivity contribution is 6.30. The molecule has 1 heterocycles. The van der Waals surface area contributed by atoms with E-state index in [-0.39, 0.29) is 5.91 Å². The molecule has 0 saturated carbocycles. The van der Waals surface area contributed by atoms with Crippen LogP contribution in [0.25, 0.3) is 21.8 Å². The molecular weight excluding hydrogens is 372 g/mol. The van der Waals surface area contributed by atoms with Crippen LogP contribution in [0.4, 0.5) is 5.69 Å². The van der Waals surface area contributed by atoms with E-state index in [9.17, 15) is 4.79 Å². The predicted octanol–water partition coefficient (Wildman–Crippen LogP) is 5.87. The number of nitrogens with zero attached hydrogens (tertiary/aromatic N) is 1. The molecule has 5 heteroatoms. The molecule has 4 nitrogen and oxygen atoms in total. The predicted molar refractivity (Wildman–Crippen MR) is 115 cm³/mol. The van der Waals surface area contributed by atoms with Crippen molar-refractivity contribution >= 4 is 45.0 Å². The van der Waals surface area contributed by atoms with Crippen LogP contribution in [0.5, 0.6) is 5.75 Å². The molecule has 0 bridgehead atoms. The number of fused-ring (bicyclic) bond motifs is 3. The number of anilines is 1. The first kappa shape index (κ1) is 18.4. The van der Waals surface area contributed by atoms with Crippen molar-refractivity contribution in [3.05, 3.63) is 71.8 Å². The Morgan fingerprint density at radius 1 is 1.04 bits per heavy atom. The quantitative estimate of drug-likeness (QED) is 0.461. The highest BCUT2D eigenvalue weighted by Gasteiger charge is 2.16. The van der Waals surface area contributed by atoms with Crippen LogP contribution in [-0.2, 0) is 11.3 Å². The number of halogens is 1. The van der Waals surface area contributed by atoms with Gasteiger partial charge in [0.15, 0.2) is 6.10 Å². The minimum atomic E-state index is -0.647. The molecule has 0 aliphatic carbocycles. The van der Waals surface area contributed by atoms with Gasteiger partial charge in [0.25, 0.3) is 5.91 Å². The molecule has 142 valence electrons. The van der Waals surface area contributed by atoms with Gasteiger partial charge in [-0.2, -0.15) is 0 Å². The molecule has 0 aliphatic heterocycles. The second kappa shape index (κ2) is 7.56. The van der Waals surface area contributed by atoms with Crippen LogP contribution in [0.1, 0.15) is 13.8 Å². The number of rotatable bonds is 5. The number of hydrogen-bond acceptors (Lipinski definition) is 2. The van der Waals surface area contributed by atoms with Gasteiger partial charge in [0.1, 0.15) is 5.75 Å². The van der Waals surface area contributed by atoms with Gasteiger partial charge in [-0.05, 0) is 56.3 Å². The van der Waals surface area contributed by atoms with Crippen molar-refractivity contribution in [1.82, 2.24) is 4.57 Å². The van der Waals surface area contributed by atoms with E-state index in [1.54, 1.807) is 31.2 Å². The molecule has 4 rings (SSSR count). The summed E-state index contributed by atoms with van der Waals surface area (Å²) in [6.07, 6.45) is -0.647. The number of benzene rings is 3. The molecular formula is C23H21ClN2O2. The third kappa shape index (κ3) is 3.43. The molecule has 4 aromatic rings. The van der Waals surface area contributed by atoms with E-state index in [1.165, 1.54) is 10.9 Å². The minimum Gasteiger partial charge on any atom is -0.481 e. The van der Waals surface area contributed by atoms with Gasteiger partial charge in [-0.15, -0.1) is 0 Å². The lowest BCUT2D eigenvalue weighted by atomic mass is 10.1. The fourth-order valence-corrected chi connectivity index (χ4v) is 3.69. The Balaban J connectivity index is 1.59. The average molecular weight is 393 g/mol. The van der Waals surface area contributed by atoms with Crippen LogP contribution in [0.15, 0.2) is 66.7 Å². The summed E-state index contributed by atoms with van der Waals surface area (Å²) in [5, 5.41) is 5.83. The van der Waals surface area contributed by atoms with Crippen molar-refractivity contribution in [3.8, 4) is 5.75 Å². The van der Waals surface area contributed by atoms with Crippen molar-refractivity contribution in [3.63, 3.8) is 0 Å². The summed E-state index contributed by atoms with van der Waals surface area (Å²) in [4.78, 5) is 12.6. The van der Waals surface area contributed by atoms with Gasteiger partial charge in [-0.25, -0.2) is 0 Å². The van der Waals surface area contributed by atoms with E-state index < -0.39 is 6.10 Å². The van der Waals surface area contributed by atoms with Gasteiger partial charge in [0.2, 0.25) is 0 Å². The standard InChI is InChI=1S/C23H21ClN2O2/c1-3-26-21-10-5-4-9-19(21)20-14-17(11-12-22(20)26)25-23(27)15(2)28-18-8-6-7-16(24)13-18/h4-15H,3H2,1-2H3,(H,25,27)/t15-/m0/s1. The first-order valence-corrected chi connectivity index (χ1v) is 9.68. The van der Waals surface area contributed by atoms with Crippen LogP contribution in [0.3, 0.4) is 0 Å². The normalized spacial score (nSPS) is 12.2. The summed E-state index contributed by atoms with van der Waals surface area (Å²) in [5.74, 6) is 0.357. The van der Waals surface area contributed by atoms with Crippen LogP contribution in [0, 0.1) is 0 Å². The largest absolute Gasteiger partial charge is 0.481 e. The molecule has 1 atom stereocenters. The van der Waals surface area contributed by atoms with E-state index in [1.807, 2.05) is 24.3 Å². The van der Waals surface area contributed by atoms with Gasteiger partial charge in [-0.1, -0.05) is 35.9 Å². The minimum absolute atomic E-state index is 0.210. The van der Waals surface area contributed by atoms with Crippen molar-refractivity contribution in [2.75, 3.05) is 5.32 Å². The maximum Gasteiger partial charge on any atom is 0.265 e. The number of para-hydroxylation sites is 1. The third-order valence-corrected chi connectivity index (χ3v) is 5.07. The number of carbonyl (C=O) groups is 1. The number of carbonyl (C=O) groups excluding carboxylic acids is 1. The lowest BCUT2D eigenvalue weighted by molar-refractivity contribution is -0.122. The van der Waals surface area contributed by atoms with E-state index in [0.29, 0.717) is 10.8 Å². The zero-order chi connectivity index (χ0) is 19.7. The first-order chi connectivity index (χ1) is 13.6. The van der Waals surface area contributed by atoms with Gasteiger partial charge in [-0.3, -0.25) is 4.79 Å².